The number of hydrogen-bond donors (Lipinski definition) is 2. The Bertz CT molecular complexity index is 378. The van der Waals surface area contributed by atoms with Crippen LogP contribution in [0.1, 0.15) is 17.7 Å². The lowest BCUT2D eigenvalue weighted by Gasteiger charge is -2.07. The summed E-state index contributed by atoms with van der Waals surface area (Å²) in [4.78, 5) is 0. The van der Waals surface area contributed by atoms with Gasteiger partial charge in [-0.2, -0.15) is 5.10 Å². The van der Waals surface area contributed by atoms with Crippen LogP contribution in [0.25, 0.3) is 6.08 Å². The van der Waals surface area contributed by atoms with Crippen LogP contribution in [0.15, 0.2) is 6.08 Å². The Labute approximate surface area is 83.0 Å². The highest BCUT2D eigenvalue weighted by atomic mass is 15.3. The summed E-state index contributed by atoms with van der Waals surface area (Å²) < 4.78 is 2.13. The monoisotopic (exact) mass is 190 g/mol. The minimum Gasteiger partial charge on any atom is -0.365 e. The molecule has 0 amide bonds. The number of anilines is 1. The number of aromatic nitrogens is 2. The zero-order valence-corrected chi connectivity index (χ0v) is 8.08. The van der Waals surface area contributed by atoms with Crippen LogP contribution in [0.5, 0.6) is 0 Å². The predicted molar refractivity (Wildman–Crippen MR) is 56.1 cm³/mol. The Balaban J connectivity index is 2.09. The number of aryl methyl sites for hydroxylation is 1. The van der Waals surface area contributed by atoms with E-state index in [-0.39, 0.29) is 0 Å². The van der Waals surface area contributed by atoms with Gasteiger partial charge in [0.15, 0.2) is 5.82 Å². The summed E-state index contributed by atoms with van der Waals surface area (Å²) in [5.74, 6) is 1.05. The van der Waals surface area contributed by atoms with E-state index < -0.39 is 0 Å². The molecule has 0 unspecified atom stereocenters. The van der Waals surface area contributed by atoms with Gasteiger partial charge in [0.2, 0.25) is 0 Å². The van der Waals surface area contributed by atoms with Crippen molar-refractivity contribution in [1.29, 1.82) is 0 Å². The van der Waals surface area contributed by atoms with Crippen LogP contribution in [0.2, 0.25) is 0 Å². The fourth-order valence-corrected chi connectivity index (χ4v) is 2.08. The molecule has 2 aliphatic heterocycles. The molecule has 4 heteroatoms. The van der Waals surface area contributed by atoms with Crippen LogP contribution in [-0.2, 0) is 13.1 Å². The van der Waals surface area contributed by atoms with Crippen LogP contribution in [0.4, 0.5) is 5.82 Å². The van der Waals surface area contributed by atoms with Crippen molar-refractivity contribution in [1.82, 2.24) is 15.1 Å². The Hall–Kier alpha value is -1.29. The molecule has 0 atom stereocenters. The van der Waals surface area contributed by atoms with Gasteiger partial charge in [-0.3, -0.25) is 4.68 Å². The number of fused-ring (bicyclic) bond motifs is 3. The Kier molecular flexibility index (Phi) is 1.80. The van der Waals surface area contributed by atoms with Crippen molar-refractivity contribution < 1.29 is 0 Å². The van der Waals surface area contributed by atoms with Gasteiger partial charge >= 0.3 is 0 Å². The lowest BCUT2D eigenvalue weighted by atomic mass is 10.1. The molecule has 0 aliphatic carbocycles. The first kappa shape index (κ1) is 8.05. The minimum atomic E-state index is 0.900. The lowest BCUT2D eigenvalue weighted by molar-refractivity contribution is 0.589. The van der Waals surface area contributed by atoms with Crippen molar-refractivity contribution in [2.24, 2.45) is 0 Å². The average Bonchev–Trinajstić information content (AvgIpc) is 2.42. The van der Waals surface area contributed by atoms with Gasteiger partial charge in [-0.25, -0.2) is 0 Å². The normalized spacial score (nSPS) is 19.4. The summed E-state index contributed by atoms with van der Waals surface area (Å²) in [5.41, 5.74) is 2.59. The van der Waals surface area contributed by atoms with Crippen molar-refractivity contribution in [3.8, 4) is 0 Å². The molecule has 3 heterocycles. The Morgan fingerprint density at radius 3 is 3.43 bits per heavy atom. The average molecular weight is 190 g/mol. The lowest BCUT2D eigenvalue weighted by Crippen LogP contribution is -2.13. The van der Waals surface area contributed by atoms with E-state index in [4.69, 9.17) is 0 Å². The SMILES string of the molecule is C1=Cc2c(nn3c2CNCCC3)NC1. The molecule has 0 bridgehead atoms. The van der Waals surface area contributed by atoms with Crippen LogP contribution in [0, 0.1) is 0 Å². The highest BCUT2D eigenvalue weighted by molar-refractivity contribution is 5.68. The summed E-state index contributed by atoms with van der Waals surface area (Å²) in [7, 11) is 0. The molecule has 0 radical (unpaired) electrons. The molecule has 0 saturated carbocycles. The zero-order chi connectivity index (χ0) is 9.38. The van der Waals surface area contributed by atoms with Crippen molar-refractivity contribution in [2.45, 2.75) is 19.5 Å². The third-order valence-electron chi connectivity index (χ3n) is 2.79. The maximum Gasteiger partial charge on any atom is 0.155 e. The van der Waals surface area contributed by atoms with Crippen LogP contribution in [-0.4, -0.2) is 22.9 Å². The fourth-order valence-electron chi connectivity index (χ4n) is 2.08. The van der Waals surface area contributed by atoms with Crippen molar-refractivity contribution >= 4 is 11.9 Å². The van der Waals surface area contributed by atoms with E-state index in [9.17, 15) is 0 Å². The first-order valence-corrected chi connectivity index (χ1v) is 5.16. The van der Waals surface area contributed by atoms with Crippen LogP contribution < -0.4 is 10.6 Å². The van der Waals surface area contributed by atoms with Gasteiger partial charge in [-0.05, 0) is 13.0 Å². The third kappa shape index (κ3) is 1.14. The second-order valence-electron chi connectivity index (χ2n) is 3.75. The number of nitrogens with one attached hydrogen (secondary N) is 2. The van der Waals surface area contributed by atoms with Gasteiger partial charge in [-0.1, -0.05) is 12.2 Å². The molecule has 14 heavy (non-hydrogen) atoms. The molecular weight excluding hydrogens is 176 g/mol. The Morgan fingerprint density at radius 1 is 1.43 bits per heavy atom. The van der Waals surface area contributed by atoms with Gasteiger partial charge < -0.3 is 10.6 Å². The van der Waals surface area contributed by atoms with Gasteiger partial charge in [-0.15, -0.1) is 0 Å². The number of rotatable bonds is 0. The molecule has 1 aromatic heterocycles. The van der Waals surface area contributed by atoms with Gasteiger partial charge in [0.05, 0.1) is 5.69 Å². The smallest absolute Gasteiger partial charge is 0.155 e. The molecule has 74 valence electrons. The van der Waals surface area contributed by atoms with Crippen molar-refractivity contribution in [3.05, 3.63) is 17.3 Å². The molecule has 0 spiro atoms. The van der Waals surface area contributed by atoms with E-state index in [1.807, 2.05) is 0 Å². The summed E-state index contributed by atoms with van der Waals surface area (Å²) >= 11 is 0. The maximum absolute atomic E-state index is 4.57. The highest BCUT2D eigenvalue weighted by Gasteiger charge is 2.18. The first-order valence-electron chi connectivity index (χ1n) is 5.16. The van der Waals surface area contributed by atoms with Crippen molar-refractivity contribution in [2.75, 3.05) is 18.4 Å². The molecule has 0 aromatic carbocycles. The minimum absolute atomic E-state index is 0.900. The second-order valence-corrected chi connectivity index (χ2v) is 3.75. The third-order valence-corrected chi connectivity index (χ3v) is 2.79. The molecule has 1 aromatic rings. The van der Waals surface area contributed by atoms with E-state index in [0.717, 1.165) is 38.4 Å². The molecule has 0 fully saturated rings. The van der Waals surface area contributed by atoms with E-state index >= 15 is 0 Å². The number of nitrogens with zero attached hydrogens (tertiary/aromatic N) is 2. The quantitative estimate of drug-likeness (QED) is 0.636. The zero-order valence-electron chi connectivity index (χ0n) is 8.08. The molecule has 2 aliphatic rings. The molecule has 3 rings (SSSR count). The van der Waals surface area contributed by atoms with Gasteiger partial charge in [0, 0.05) is 25.2 Å². The summed E-state index contributed by atoms with van der Waals surface area (Å²) in [5, 5.41) is 11.3. The fraction of sp³-hybridized carbons (Fsp3) is 0.500. The Morgan fingerprint density at radius 2 is 2.43 bits per heavy atom. The van der Waals surface area contributed by atoms with Crippen LogP contribution in [0.3, 0.4) is 0 Å². The van der Waals surface area contributed by atoms with Crippen LogP contribution >= 0.6 is 0 Å². The molecular formula is C10H14N4. The van der Waals surface area contributed by atoms with E-state index in [1.165, 1.54) is 11.3 Å². The summed E-state index contributed by atoms with van der Waals surface area (Å²) in [6.07, 6.45) is 5.49. The van der Waals surface area contributed by atoms with Gasteiger partial charge in [0.1, 0.15) is 0 Å². The largest absolute Gasteiger partial charge is 0.365 e. The van der Waals surface area contributed by atoms with E-state index in [1.54, 1.807) is 0 Å². The summed E-state index contributed by atoms with van der Waals surface area (Å²) in [6, 6.07) is 0. The van der Waals surface area contributed by atoms with E-state index in [0.29, 0.717) is 0 Å². The van der Waals surface area contributed by atoms with Crippen molar-refractivity contribution in [3.63, 3.8) is 0 Å². The highest BCUT2D eigenvalue weighted by Crippen LogP contribution is 2.24. The second kappa shape index (κ2) is 3.13. The van der Waals surface area contributed by atoms with Gasteiger partial charge in [0.25, 0.3) is 0 Å². The van der Waals surface area contributed by atoms with E-state index in [2.05, 4.69) is 32.6 Å². The molecule has 2 N–H and O–H groups in total. The number of hydrogen-bond acceptors (Lipinski definition) is 3. The standard InChI is InChI=1S/C10H14N4/c1-3-8-9-7-11-4-2-6-14(9)13-10(8)12-5-1/h1,3,11H,2,4-7H2,(H,12,13). The predicted octanol–water partition coefficient (Wildman–Crippen LogP) is 0.815. The first-order chi connectivity index (χ1) is 6.95. The molecule has 4 nitrogen and oxygen atoms in total. The molecule has 0 saturated heterocycles. The maximum atomic E-state index is 4.57. The summed E-state index contributed by atoms with van der Waals surface area (Å²) in [6.45, 7) is 3.96. The topological polar surface area (TPSA) is 41.9 Å².